The fraction of sp³-hybridized carbons (Fsp3) is 0.333. The predicted molar refractivity (Wildman–Crippen MR) is 96.6 cm³/mol. The van der Waals surface area contributed by atoms with E-state index in [4.69, 9.17) is 0 Å². The summed E-state index contributed by atoms with van der Waals surface area (Å²) in [5.74, 6) is 1.60. The lowest BCUT2D eigenvalue weighted by Crippen LogP contribution is -2.43. The van der Waals surface area contributed by atoms with Gasteiger partial charge in [-0.2, -0.15) is 0 Å². The molecule has 0 saturated heterocycles. The minimum atomic E-state index is 0.218. The van der Waals surface area contributed by atoms with Crippen LogP contribution in [0.15, 0.2) is 54.6 Å². The summed E-state index contributed by atoms with van der Waals surface area (Å²) in [7, 11) is 0. The number of ketones is 1. The molecule has 2 aromatic carbocycles. The normalized spacial score (nSPS) is 17.1. The van der Waals surface area contributed by atoms with Crippen molar-refractivity contribution >= 4 is 11.6 Å². The molecule has 0 aromatic heterocycles. The third-order valence-electron chi connectivity index (χ3n) is 5.06. The number of nitrogens with zero attached hydrogens (tertiary/aromatic N) is 2. The number of rotatable bonds is 4. The first kappa shape index (κ1) is 15.1. The van der Waals surface area contributed by atoms with Crippen LogP contribution in [0.2, 0.25) is 0 Å². The molecular weight excluding hydrogens is 296 g/mol. The molecule has 0 bridgehead atoms. The highest BCUT2D eigenvalue weighted by Crippen LogP contribution is 2.20. The van der Waals surface area contributed by atoms with Gasteiger partial charge in [-0.3, -0.25) is 14.3 Å². The van der Waals surface area contributed by atoms with Crippen molar-refractivity contribution in [3.8, 4) is 11.1 Å². The highest BCUT2D eigenvalue weighted by molar-refractivity contribution is 5.99. The van der Waals surface area contributed by atoms with Gasteiger partial charge < -0.3 is 0 Å². The molecule has 3 nitrogen and oxygen atoms in total. The Hall–Kier alpha value is -2.42. The van der Waals surface area contributed by atoms with Gasteiger partial charge in [-0.15, -0.1) is 0 Å². The van der Waals surface area contributed by atoms with Crippen LogP contribution in [0.4, 0.5) is 0 Å². The minimum absolute atomic E-state index is 0.218. The summed E-state index contributed by atoms with van der Waals surface area (Å²) < 4.78 is 2.45. The molecule has 2 aromatic rings. The Morgan fingerprint density at radius 1 is 0.917 bits per heavy atom. The molecule has 3 heteroatoms. The zero-order valence-corrected chi connectivity index (χ0v) is 13.9. The Kier molecular flexibility index (Phi) is 4.16. The maximum Gasteiger partial charge on any atom is 0.247 e. The van der Waals surface area contributed by atoms with E-state index in [9.17, 15) is 4.79 Å². The lowest BCUT2D eigenvalue weighted by molar-refractivity contribution is -0.529. The number of hydrogen-bond acceptors (Lipinski definition) is 2. The summed E-state index contributed by atoms with van der Waals surface area (Å²) in [5, 5.41) is 0. The largest absolute Gasteiger partial charge is 0.290 e. The fourth-order valence-electron chi connectivity index (χ4n) is 3.81. The van der Waals surface area contributed by atoms with Crippen LogP contribution in [0.5, 0.6) is 0 Å². The van der Waals surface area contributed by atoms with Gasteiger partial charge in [-0.1, -0.05) is 54.6 Å². The van der Waals surface area contributed by atoms with Gasteiger partial charge in [-0.05, 0) is 17.5 Å². The van der Waals surface area contributed by atoms with E-state index in [1.54, 1.807) is 0 Å². The molecule has 0 radical (unpaired) electrons. The summed E-state index contributed by atoms with van der Waals surface area (Å²) in [5.41, 5.74) is 3.15. The highest BCUT2D eigenvalue weighted by atomic mass is 16.1. The van der Waals surface area contributed by atoms with Crippen molar-refractivity contribution in [2.75, 3.05) is 26.2 Å². The second-order valence-electron chi connectivity index (χ2n) is 6.65. The van der Waals surface area contributed by atoms with Crippen molar-refractivity contribution in [3.05, 3.63) is 60.2 Å². The van der Waals surface area contributed by atoms with E-state index in [1.165, 1.54) is 17.8 Å². The predicted octanol–water partition coefficient (Wildman–Crippen LogP) is 3.45. The van der Waals surface area contributed by atoms with Crippen molar-refractivity contribution in [3.63, 3.8) is 0 Å². The number of carbonyl (C=O) groups excluding carboxylic acids is 1. The second-order valence-corrected chi connectivity index (χ2v) is 6.65. The van der Waals surface area contributed by atoms with Crippen LogP contribution in [0.1, 0.15) is 29.6 Å². The molecule has 2 aliphatic heterocycles. The smallest absolute Gasteiger partial charge is 0.247 e. The molecule has 0 fully saturated rings. The Labute approximate surface area is 143 Å². The van der Waals surface area contributed by atoms with Gasteiger partial charge in [0.05, 0.1) is 26.1 Å². The van der Waals surface area contributed by atoms with Crippen molar-refractivity contribution in [1.29, 1.82) is 0 Å². The number of carbonyl (C=O) groups is 1. The summed E-state index contributed by atoms with van der Waals surface area (Å²) in [6, 6.07) is 18.3. The molecule has 0 saturated carbocycles. The zero-order chi connectivity index (χ0) is 16.4. The van der Waals surface area contributed by atoms with E-state index < -0.39 is 0 Å². The molecular formula is C21H23N2O+. The molecule has 0 unspecified atom stereocenters. The summed E-state index contributed by atoms with van der Waals surface area (Å²) in [4.78, 5) is 15.0. The van der Waals surface area contributed by atoms with E-state index in [0.29, 0.717) is 6.54 Å². The van der Waals surface area contributed by atoms with Crippen LogP contribution < -0.4 is 0 Å². The average molecular weight is 319 g/mol. The van der Waals surface area contributed by atoms with Crippen LogP contribution in [-0.2, 0) is 0 Å². The molecule has 2 aliphatic rings. The molecule has 0 atom stereocenters. The lowest BCUT2D eigenvalue weighted by atomic mass is 10.0. The monoisotopic (exact) mass is 319 g/mol. The Bertz CT molecular complexity index is 762. The number of Topliss-reactive ketones (excluding diaryl/α,β-unsaturated/α-hetero) is 1. The van der Waals surface area contributed by atoms with Gasteiger partial charge in [0.15, 0.2) is 0 Å². The topological polar surface area (TPSA) is 23.3 Å². The van der Waals surface area contributed by atoms with Gasteiger partial charge in [0.1, 0.15) is 6.54 Å². The average Bonchev–Trinajstić information content (AvgIpc) is 3.12. The van der Waals surface area contributed by atoms with Gasteiger partial charge in [-0.25, -0.2) is 0 Å². The van der Waals surface area contributed by atoms with Crippen LogP contribution in [0.25, 0.3) is 11.1 Å². The van der Waals surface area contributed by atoms with Crippen molar-refractivity contribution in [1.82, 2.24) is 4.90 Å². The van der Waals surface area contributed by atoms with E-state index in [0.717, 1.165) is 43.6 Å². The molecule has 0 amide bonds. The number of amidine groups is 1. The lowest BCUT2D eigenvalue weighted by Gasteiger charge is -2.23. The molecule has 0 aliphatic carbocycles. The SMILES string of the molecule is O=C(CN1CCC[N+]2=C1CCC2)c1ccc(-c2ccccc2)cc1. The Morgan fingerprint density at radius 3 is 2.42 bits per heavy atom. The zero-order valence-electron chi connectivity index (χ0n) is 13.9. The van der Waals surface area contributed by atoms with Crippen LogP contribution in [-0.4, -0.2) is 47.3 Å². The van der Waals surface area contributed by atoms with Gasteiger partial charge in [0, 0.05) is 12.0 Å². The van der Waals surface area contributed by atoms with Crippen LogP contribution in [0, 0.1) is 0 Å². The van der Waals surface area contributed by atoms with Gasteiger partial charge in [0.2, 0.25) is 11.6 Å². The molecule has 2 heterocycles. The summed E-state index contributed by atoms with van der Waals surface area (Å²) in [6.45, 7) is 3.84. The molecule has 4 rings (SSSR count). The first-order valence-electron chi connectivity index (χ1n) is 8.86. The first-order valence-corrected chi connectivity index (χ1v) is 8.86. The van der Waals surface area contributed by atoms with Gasteiger partial charge >= 0.3 is 0 Å². The highest BCUT2D eigenvalue weighted by Gasteiger charge is 2.32. The Balaban J connectivity index is 1.48. The Morgan fingerprint density at radius 2 is 1.62 bits per heavy atom. The third kappa shape index (κ3) is 2.99. The third-order valence-corrected chi connectivity index (χ3v) is 5.06. The van der Waals surface area contributed by atoms with Crippen molar-refractivity contribution in [2.45, 2.75) is 19.3 Å². The molecule has 24 heavy (non-hydrogen) atoms. The molecule has 0 spiro atoms. The first-order chi connectivity index (χ1) is 11.8. The van der Waals surface area contributed by atoms with E-state index in [-0.39, 0.29) is 5.78 Å². The van der Waals surface area contributed by atoms with Crippen LogP contribution in [0.3, 0.4) is 0 Å². The summed E-state index contributed by atoms with van der Waals surface area (Å²) >= 11 is 0. The fourth-order valence-corrected chi connectivity index (χ4v) is 3.81. The maximum atomic E-state index is 12.7. The molecule has 122 valence electrons. The van der Waals surface area contributed by atoms with E-state index >= 15 is 0 Å². The van der Waals surface area contributed by atoms with Crippen molar-refractivity contribution in [2.24, 2.45) is 0 Å². The van der Waals surface area contributed by atoms with Gasteiger partial charge in [0.25, 0.3) is 0 Å². The second kappa shape index (κ2) is 6.60. The van der Waals surface area contributed by atoms with E-state index in [2.05, 4.69) is 21.6 Å². The minimum Gasteiger partial charge on any atom is -0.290 e. The molecule has 0 N–H and O–H groups in total. The number of hydrogen-bond donors (Lipinski definition) is 0. The number of benzene rings is 2. The van der Waals surface area contributed by atoms with E-state index in [1.807, 2.05) is 42.5 Å². The van der Waals surface area contributed by atoms with Crippen LogP contribution >= 0.6 is 0 Å². The quantitative estimate of drug-likeness (QED) is 0.636. The van der Waals surface area contributed by atoms with Crippen molar-refractivity contribution < 1.29 is 9.37 Å². The standard InChI is InChI=1S/C21H23N2O/c24-20(16-23-15-5-14-22-13-4-8-21(22)23)19-11-9-18(10-12-19)17-6-2-1-3-7-17/h1-3,6-7,9-12H,4-5,8,13-16H2/q+1. The summed E-state index contributed by atoms with van der Waals surface area (Å²) in [6.07, 6.45) is 3.51. The maximum absolute atomic E-state index is 12.7.